The van der Waals surface area contributed by atoms with Crippen LogP contribution in [0, 0.1) is 5.92 Å². The lowest BCUT2D eigenvalue weighted by Crippen LogP contribution is -2.52. The number of sulfone groups is 1. The molecule has 0 aliphatic carbocycles. The Hall–Kier alpha value is -1.97. The Bertz CT molecular complexity index is 812. The predicted octanol–water partition coefficient (Wildman–Crippen LogP) is 0.621. The van der Waals surface area contributed by atoms with Gasteiger partial charge in [0, 0.05) is 44.9 Å². The molecule has 1 aromatic rings. The van der Waals surface area contributed by atoms with Crippen molar-refractivity contribution in [2.24, 2.45) is 5.92 Å². The van der Waals surface area contributed by atoms with Crippen LogP contribution in [0.2, 0.25) is 0 Å². The molecule has 10 heteroatoms. The average molecular weight is 413 g/mol. The lowest BCUT2D eigenvalue weighted by atomic mass is 10.1. The van der Waals surface area contributed by atoms with E-state index in [0.717, 1.165) is 0 Å². The van der Waals surface area contributed by atoms with Gasteiger partial charge in [-0.1, -0.05) is 19.0 Å². The maximum absolute atomic E-state index is 12.5. The van der Waals surface area contributed by atoms with Gasteiger partial charge in [-0.3, -0.25) is 9.59 Å². The minimum atomic E-state index is -3.07. The number of aryl methyl sites for hydroxylation is 1. The van der Waals surface area contributed by atoms with E-state index in [2.05, 4.69) is 10.1 Å². The third-order valence-corrected chi connectivity index (χ3v) is 7.08. The minimum absolute atomic E-state index is 0.0425. The van der Waals surface area contributed by atoms with E-state index in [1.54, 1.807) is 9.80 Å². The summed E-state index contributed by atoms with van der Waals surface area (Å²) in [6.07, 6.45) is 2.01. The molecule has 0 radical (unpaired) electrons. The average Bonchev–Trinajstić information content (AvgIpc) is 3.27. The smallest absolute Gasteiger partial charge is 0.226 e. The maximum atomic E-state index is 12.5. The van der Waals surface area contributed by atoms with Crippen LogP contribution in [0.25, 0.3) is 0 Å². The SMILES string of the molecule is CC(C)c1noc(CCCC(=O)N2CCN(C(=O)C3CCS(=O)(=O)C3)CC2)n1. The fourth-order valence-electron chi connectivity index (χ4n) is 3.58. The van der Waals surface area contributed by atoms with Gasteiger partial charge in [-0.05, 0) is 12.8 Å². The normalized spacial score (nSPS) is 22.0. The van der Waals surface area contributed by atoms with Crippen molar-refractivity contribution in [2.75, 3.05) is 37.7 Å². The third kappa shape index (κ3) is 5.09. The van der Waals surface area contributed by atoms with Gasteiger partial charge in [-0.25, -0.2) is 8.42 Å². The number of nitrogens with zero attached hydrogens (tertiary/aromatic N) is 4. The van der Waals surface area contributed by atoms with Gasteiger partial charge in [0.15, 0.2) is 15.7 Å². The molecular weight excluding hydrogens is 384 g/mol. The summed E-state index contributed by atoms with van der Waals surface area (Å²) in [6.45, 7) is 5.89. The Morgan fingerprint density at radius 1 is 1.18 bits per heavy atom. The summed E-state index contributed by atoms with van der Waals surface area (Å²) in [4.78, 5) is 32.6. The molecule has 0 N–H and O–H groups in total. The van der Waals surface area contributed by atoms with E-state index in [9.17, 15) is 18.0 Å². The molecule has 2 amide bonds. The van der Waals surface area contributed by atoms with Crippen LogP contribution in [0.5, 0.6) is 0 Å². The summed E-state index contributed by atoms with van der Waals surface area (Å²) in [5.74, 6) is 1.04. The van der Waals surface area contributed by atoms with Gasteiger partial charge in [0.1, 0.15) is 0 Å². The van der Waals surface area contributed by atoms with Crippen LogP contribution in [0.3, 0.4) is 0 Å². The summed E-state index contributed by atoms with van der Waals surface area (Å²) in [6, 6.07) is 0. The first kappa shape index (κ1) is 20.8. The highest BCUT2D eigenvalue weighted by Gasteiger charge is 2.36. The highest BCUT2D eigenvalue weighted by atomic mass is 32.2. The first-order valence-electron chi connectivity index (χ1n) is 9.84. The first-order chi connectivity index (χ1) is 13.2. The molecule has 2 aliphatic heterocycles. The molecule has 9 nitrogen and oxygen atoms in total. The van der Waals surface area contributed by atoms with Crippen LogP contribution < -0.4 is 0 Å². The quantitative estimate of drug-likeness (QED) is 0.673. The largest absolute Gasteiger partial charge is 0.339 e. The standard InChI is InChI=1S/C18H28N4O5S/c1-13(2)17-19-15(27-20-17)4-3-5-16(23)21-7-9-22(10-8-21)18(24)14-6-11-28(25,26)12-14/h13-14H,3-12H2,1-2H3. The summed E-state index contributed by atoms with van der Waals surface area (Å²) >= 11 is 0. The molecule has 3 heterocycles. The Morgan fingerprint density at radius 2 is 1.86 bits per heavy atom. The number of carbonyl (C=O) groups is 2. The summed E-state index contributed by atoms with van der Waals surface area (Å²) in [5.41, 5.74) is 0. The van der Waals surface area contributed by atoms with Crippen molar-refractivity contribution in [3.8, 4) is 0 Å². The van der Waals surface area contributed by atoms with Gasteiger partial charge in [0.05, 0.1) is 17.4 Å². The molecule has 0 aromatic carbocycles. The first-order valence-corrected chi connectivity index (χ1v) is 11.7. The van der Waals surface area contributed by atoms with Crippen molar-refractivity contribution in [3.05, 3.63) is 11.7 Å². The number of rotatable bonds is 6. The molecule has 1 atom stereocenters. The second kappa shape index (κ2) is 8.59. The monoisotopic (exact) mass is 412 g/mol. The second-order valence-electron chi connectivity index (χ2n) is 7.86. The molecule has 2 fully saturated rings. The van der Waals surface area contributed by atoms with Gasteiger partial charge in [-0.15, -0.1) is 0 Å². The number of piperazine rings is 1. The molecule has 2 aliphatic rings. The highest BCUT2D eigenvalue weighted by Crippen LogP contribution is 2.21. The summed E-state index contributed by atoms with van der Waals surface area (Å²) < 4.78 is 28.3. The van der Waals surface area contributed by atoms with Crippen LogP contribution in [-0.4, -0.2) is 77.9 Å². The van der Waals surface area contributed by atoms with Gasteiger partial charge in [-0.2, -0.15) is 4.98 Å². The van der Waals surface area contributed by atoms with E-state index in [1.807, 2.05) is 13.8 Å². The van der Waals surface area contributed by atoms with Crippen molar-refractivity contribution < 1.29 is 22.5 Å². The zero-order valence-electron chi connectivity index (χ0n) is 16.5. The molecule has 1 aromatic heterocycles. The van der Waals surface area contributed by atoms with Crippen LogP contribution in [0.15, 0.2) is 4.52 Å². The van der Waals surface area contributed by atoms with Crippen LogP contribution in [0.4, 0.5) is 0 Å². The van der Waals surface area contributed by atoms with Crippen molar-refractivity contribution in [2.45, 2.75) is 45.4 Å². The van der Waals surface area contributed by atoms with Crippen molar-refractivity contribution >= 4 is 21.7 Å². The Balaban J connectivity index is 1.39. The summed E-state index contributed by atoms with van der Waals surface area (Å²) in [7, 11) is -3.07. The Kier molecular flexibility index (Phi) is 6.36. The third-order valence-electron chi connectivity index (χ3n) is 5.31. The fourth-order valence-corrected chi connectivity index (χ4v) is 5.31. The highest BCUT2D eigenvalue weighted by molar-refractivity contribution is 7.91. The number of amides is 2. The number of hydrogen-bond donors (Lipinski definition) is 0. The lowest BCUT2D eigenvalue weighted by molar-refractivity contribution is -0.141. The lowest BCUT2D eigenvalue weighted by Gasteiger charge is -2.36. The van der Waals surface area contributed by atoms with E-state index in [1.165, 1.54) is 0 Å². The number of hydrogen-bond acceptors (Lipinski definition) is 7. The van der Waals surface area contributed by atoms with E-state index >= 15 is 0 Å². The number of aromatic nitrogens is 2. The molecule has 156 valence electrons. The molecule has 0 bridgehead atoms. The molecule has 2 saturated heterocycles. The molecule has 0 saturated carbocycles. The fraction of sp³-hybridized carbons (Fsp3) is 0.778. The summed E-state index contributed by atoms with van der Waals surface area (Å²) in [5, 5.41) is 3.91. The van der Waals surface area contributed by atoms with Crippen LogP contribution in [-0.2, 0) is 25.8 Å². The zero-order chi connectivity index (χ0) is 20.3. The predicted molar refractivity (Wildman–Crippen MR) is 101 cm³/mol. The molecule has 3 rings (SSSR count). The topological polar surface area (TPSA) is 114 Å². The second-order valence-corrected chi connectivity index (χ2v) is 10.1. The van der Waals surface area contributed by atoms with E-state index in [0.29, 0.717) is 63.6 Å². The van der Waals surface area contributed by atoms with Crippen LogP contribution in [0.1, 0.15) is 50.7 Å². The molecule has 1 unspecified atom stereocenters. The van der Waals surface area contributed by atoms with Crippen molar-refractivity contribution in [1.82, 2.24) is 19.9 Å². The van der Waals surface area contributed by atoms with Gasteiger partial charge in [0.2, 0.25) is 17.7 Å². The Labute approximate surface area is 165 Å². The van der Waals surface area contributed by atoms with Gasteiger partial charge < -0.3 is 14.3 Å². The van der Waals surface area contributed by atoms with Crippen molar-refractivity contribution in [1.29, 1.82) is 0 Å². The van der Waals surface area contributed by atoms with E-state index in [4.69, 9.17) is 4.52 Å². The van der Waals surface area contributed by atoms with Gasteiger partial charge >= 0.3 is 0 Å². The molecular formula is C18H28N4O5S. The van der Waals surface area contributed by atoms with Crippen LogP contribution >= 0.6 is 0 Å². The zero-order valence-corrected chi connectivity index (χ0v) is 17.3. The van der Waals surface area contributed by atoms with E-state index in [-0.39, 0.29) is 29.2 Å². The molecule has 0 spiro atoms. The maximum Gasteiger partial charge on any atom is 0.226 e. The molecule has 28 heavy (non-hydrogen) atoms. The number of carbonyl (C=O) groups excluding carboxylic acids is 2. The minimum Gasteiger partial charge on any atom is -0.339 e. The van der Waals surface area contributed by atoms with Gasteiger partial charge in [0.25, 0.3) is 0 Å². The van der Waals surface area contributed by atoms with E-state index < -0.39 is 15.8 Å². The Morgan fingerprint density at radius 3 is 2.43 bits per heavy atom. The van der Waals surface area contributed by atoms with Crippen molar-refractivity contribution in [3.63, 3.8) is 0 Å².